The summed E-state index contributed by atoms with van der Waals surface area (Å²) in [6.07, 6.45) is 0. The van der Waals surface area contributed by atoms with Gasteiger partial charge in [-0.2, -0.15) is 0 Å². The molecular weight excluding hydrogens is 304 g/mol. The number of rotatable bonds is 5. The molecule has 2 aromatic rings. The highest BCUT2D eigenvalue weighted by molar-refractivity contribution is 6.30. The van der Waals surface area contributed by atoms with E-state index in [9.17, 15) is 9.59 Å². The second-order valence-corrected chi connectivity index (χ2v) is 4.88. The van der Waals surface area contributed by atoms with Crippen LogP contribution in [0.15, 0.2) is 48.5 Å². The highest BCUT2D eigenvalue weighted by atomic mass is 35.5. The van der Waals surface area contributed by atoms with E-state index in [2.05, 4.69) is 15.4 Å². The molecule has 0 aromatic heterocycles. The lowest BCUT2D eigenvalue weighted by Gasteiger charge is -2.10. The molecule has 1 amide bonds. The first-order valence-corrected chi connectivity index (χ1v) is 6.94. The van der Waals surface area contributed by atoms with Crippen LogP contribution < -0.4 is 10.6 Å². The van der Waals surface area contributed by atoms with Gasteiger partial charge in [-0.1, -0.05) is 23.7 Å². The summed E-state index contributed by atoms with van der Waals surface area (Å²) in [5.74, 6) is -0.770. The minimum atomic E-state index is -0.499. The van der Waals surface area contributed by atoms with Crippen molar-refractivity contribution < 1.29 is 14.3 Å². The number of hydrogen-bond acceptors (Lipinski definition) is 4. The number of esters is 1. The molecule has 2 rings (SSSR count). The van der Waals surface area contributed by atoms with Crippen molar-refractivity contribution in [1.29, 1.82) is 0 Å². The molecule has 2 N–H and O–H groups in total. The maximum absolute atomic E-state index is 12.0. The largest absolute Gasteiger partial charge is 0.465 e. The number of halogens is 1. The molecule has 0 atom stereocenters. The third-order valence-electron chi connectivity index (χ3n) is 2.90. The standard InChI is InChI=1S/C16H15ClN2O3/c1-22-16(21)13-4-2-3-5-14(13)19-15(20)10-18-12-8-6-11(17)7-9-12/h2-9,18H,10H2,1H3,(H,19,20). The first-order valence-electron chi connectivity index (χ1n) is 6.57. The zero-order valence-electron chi connectivity index (χ0n) is 11.9. The van der Waals surface area contributed by atoms with Gasteiger partial charge in [0.1, 0.15) is 0 Å². The fourth-order valence-electron chi connectivity index (χ4n) is 1.82. The Morgan fingerprint density at radius 1 is 1.09 bits per heavy atom. The Morgan fingerprint density at radius 2 is 1.77 bits per heavy atom. The van der Waals surface area contributed by atoms with E-state index >= 15 is 0 Å². The molecule has 0 saturated heterocycles. The van der Waals surface area contributed by atoms with E-state index < -0.39 is 5.97 Å². The summed E-state index contributed by atoms with van der Waals surface area (Å²) >= 11 is 5.79. The van der Waals surface area contributed by atoms with Crippen LogP contribution in [0.5, 0.6) is 0 Å². The Balaban J connectivity index is 1.97. The van der Waals surface area contributed by atoms with Crippen LogP contribution in [-0.4, -0.2) is 25.5 Å². The van der Waals surface area contributed by atoms with E-state index in [0.717, 1.165) is 5.69 Å². The number of methoxy groups -OCH3 is 1. The molecule has 2 aromatic carbocycles. The first-order chi connectivity index (χ1) is 10.6. The lowest BCUT2D eigenvalue weighted by atomic mass is 10.2. The molecule has 0 radical (unpaired) electrons. The number of benzene rings is 2. The van der Waals surface area contributed by atoms with Crippen LogP contribution in [-0.2, 0) is 9.53 Å². The summed E-state index contributed by atoms with van der Waals surface area (Å²) in [5, 5.41) is 6.27. The lowest BCUT2D eigenvalue weighted by Crippen LogP contribution is -2.23. The van der Waals surface area contributed by atoms with Crippen LogP contribution in [0.2, 0.25) is 5.02 Å². The van der Waals surface area contributed by atoms with Crippen LogP contribution in [0.3, 0.4) is 0 Å². The van der Waals surface area contributed by atoms with Gasteiger partial charge in [-0.05, 0) is 36.4 Å². The smallest absolute Gasteiger partial charge is 0.339 e. The topological polar surface area (TPSA) is 67.4 Å². The number of carbonyl (C=O) groups excluding carboxylic acids is 2. The van der Waals surface area contributed by atoms with Crippen molar-refractivity contribution in [2.75, 3.05) is 24.3 Å². The highest BCUT2D eigenvalue weighted by Crippen LogP contribution is 2.16. The van der Waals surface area contributed by atoms with Gasteiger partial charge in [0.2, 0.25) is 5.91 Å². The number of ether oxygens (including phenoxy) is 1. The molecule has 0 aliphatic carbocycles. The second-order valence-electron chi connectivity index (χ2n) is 4.45. The van der Waals surface area contributed by atoms with Crippen molar-refractivity contribution in [3.8, 4) is 0 Å². The average Bonchev–Trinajstić information content (AvgIpc) is 2.54. The van der Waals surface area contributed by atoms with Gasteiger partial charge in [0.15, 0.2) is 0 Å². The summed E-state index contributed by atoms with van der Waals surface area (Å²) in [7, 11) is 1.29. The van der Waals surface area contributed by atoms with E-state index in [1.165, 1.54) is 7.11 Å². The molecule has 5 nitrogen and oxygen atoms in total. The predicted molar refractivity (Wildman–Crippen MR) is 86.4 cm³/mol. The molecule has 0 fully saturated rings. The third-order valence-corrected chi connectivity index (χ3v) is 3.16. The molecule has 114 valence electrons. The Labute approximate surface area is 133 Å². The zero-order valence-corrected chi connectivity index (χ0v) is 12.7. The minimum absolute atomic E-state index is 0.0666. The fraction of sp³-hybridized carbons (Fsp3) is 0.125. The first kappa shape index (κ1) is 15.9. The van der Waals surface area contributed by atoms with E-state index in [-0.39, 0.29) is 12.5 Å². The maximum atomic E-state index is 12.0. The summed E-state index contributed by atoms with van der Waals surface area (Å²) in [6.45, 7) is 0.0666. The molecule has 22 heavy (non-hydrogen) atoms. The van der Waals surface area contributed by atoms with Gasteiger partial charge in [-0.3, -0.25) is 4.79 Å². The zero-order chi connectivity index (χ0) is 15.9. The minimum Gasteiger partial charge on any atom is -0.465 e. The number of nitrogens with one attached hydrogen (secondary N) is 2. The van der Waals surface area contributed by atoms with Crippen LogP contribution >= 0.6 is 11.6 Å². The molecule has 0 aliphatic heterocycles. The Kier molecular flexibility index (Phi) is 5.38. The Hall–Kier alpha value is -2.53. The summed E-state index contributed by atoms with van der Waals surface area (Å²) in [6, 6.07) is 13.7. The summed E-state index contributed by atoms with van der Waals surface area (Å²) < 4.78 is 4.68. The number of anilines is 2. The Morgan fingerprint density at radius 3 is 2.45 bits per heavy atom. The lowest BCUT2D eigenvalue weighted by molar-refractivity contribution is -0.114. The van der Waals surface area contributed by atoms with Crippen LogP contribution in [0.25, 0.3) is 0 Å². The average molecular weight is 319 g/mol. The van der Waals surface area contributed by atoms with Gasteiger partial charge >= 0.3 is 5.97 Å². The number of hydrogen-bond donors (Lipinski definition) is 2. The van der Waals surface area contributed by atoms with Gasteiger partial charge in [-0.15, -0.1) is 0 Å². The van der Waals surface area contributed by atoms with E-state index in [0.29, 0.717) is 16.3 Å². The van der Waals surface area contributed by atoms with Crippen LogP contribution in [0, 0.1) is 0 Å². The molecule has 0 unspecified atom stereocenters. The second kappa shape index (κ2) is 7.47. The van der Waals surface area contributed by atoms with Crippen molar-refractivity contribution >= 4 is 34.9 Å². The Bertz CT molecular complexity index is 671. The number of carbonyl (C=O) groups is 2. The van der Waals surface area contributed by atoms with Gasteiger partial charge < -0.3 is 15.4 Å². The maximum Gasteiger partial charge on any atom is 0.339 e. The van der Waals surface area contributed by atoms with E-state index in [1.807, 2.05) is 0 Å². The normalized spacial score (nSPS) is 9.91. The number of para-hydroxylation sites is 1. The van der Waals surface area contributed by atoms with Crippen LogP contribution in [0.1, 0.15) is 10.4 Å². The van der Waals surface area contributed by atoms with Crippen molar-refractivity contribution in [1.82, 2.24) is 0 Å². The quantitative estimate of drug-likeness (QED) is 0.831. The SMILES string of the molecule is COC(=O)c1ccccc1NC(=O)CNc1ccc(Cl)cc1. The van der Waals surface area contributed by atoms with Gasteiger partial charge in [0.05, 0.1) is 24.9 Å². The van der Waals surface area contributed by atoms with Crippen LogP contribution in [0.4, 0.5) is 11.4 Å². The summed E-state index contributed by atoms with van der Waals surface area (Å²) in [5.41, 5.74) is 1.50. The van der Waals surface area contributed by atoms with E-state index in [1.54, 1.807) is 48.5 Å². The van der Waals surface area contributed by atoms with Crippen molar-refractivity contribution in [2.24, 2.45) is 0 Å². The predicted octanol–water partition coefficient (Wildman–Crippen LogP) is 3.18. The van der Waals surface area contributed by atoms with Crippen molar-refractivity contribution in [3.05, 3.63) is 59.1 Å². The number of amides is 1. The molecule has 0 spiro atoms. The van der Waals surface area contributed by atoms with Crippen molar-refractivity contribution in [2.45, 2.75) is 0 Å². The molecule has 0 bridgehead atoms. The van der Waals surface area contributed by atoms with Gasteiger partial charge in [0.25, 0.3) is 0 Å². The molecule has 0 saturated carbocycles. The molecule has 0 aliphatic rings. The highest BCUT2D eigenvalue weighted by Gasteiger charge is 2.12. The van der Waals surface area contributed by atoms with E-state index in [4.69, 9.17) is 11.6 Å². The van der Waals surface area contributed by atoms with Crippen molar-refractivity contribution in [3.63, 3.8) is 0 Å². The fourth-order valence-corrected chi connectivity index (χ4v) is 1.95. The monoisotopic (exact) mass is 318 g/mol. The molecule has 0 heterocycles. The summed E-state index contributed by atoms with van der Waals surface area (Å²) in [4.78, 5) is 23.6. The van der Waals surface area contributed by atoms with Gasteiger partial charge in [0, 0.05) is 10.7 Å². The molecular formula is C16H15ClN2O3. The molecule has 6 heteroatoms. The third kappa shape index (κ3) is 4.23. The van der Waals surface area contributed by atoms with Gasteiger partial charge in [-0.25, -0.2) is 4.79 Å².